The predicted molar refractivity (Wildman–Crippen MR) is 72.9 cm³/mol. The summed E-state index contributed by atoms with van der Waals surface area (Å²) in [4.78, 5) is 0.203. The van der Waals surface area contributed by atoms with E-state index in [0.29, 0.717) is 5.75 Å². The summed E-state index contributed by atoms with van der Waals surface area (Å²) < 4.78 is 38.1. The molecule has 0 spiro atoms. The van der Waals surface area contributed by atoms with E-state index in [1.54, 1.807) is 25.3 Å². The van der Waals surface area contributed by atoms with Crippen LogP contribution in [-0.4, -0.2) is 30.7 Å². The van der Waals surface area contributed by atoms with Gasteiger partial charge in [-0.1, -0.05) is 15.9 Å². The van der Waals surface area contributed by atoms with Gasteiger partial charge in [-0.15, -0.1) is 0 Å². The molecule has 0 radical (unpaired) electrons. The number of hydrogen-bond donors (Lipinski definition) is 1. The fourth-order valence-corrected chi connectivity index (χ4v) is 3.73. The fourth-order valence-electron chi connectivity index (χ4n) is 1.33. The summed E-state index contributed by atoms with van der Waals surface area (Å²) in [6.07, 6.45) is 1.55. The standard InChI is InChI=1S/C10H14BrNO3S2/c1-8(7-16(2)13)12-17(14,15)10-5-3-9(11)4-6-10/h3-6,8,12H,7H2,1-2H3. The highest BCUT2D eigenvalue weighted by atomic mass is 79.9. The van der Waals surface area contributed by atoms with Gasteiger partial charge in [0.1, 0.15) is 0 Å². The van der Waals surface area contributed by atoms with Crippen LogP contribution in [0, 0.1) is 0 Å². The van der Waals surface area contributed by atoms with Crippen molar-refractivity contribution in [1.82, 2.24) is 4.72 Å². The Morgan fingerprint density at radius 2 is 1.88 bits per heavy atom. The molecule has 4 nitrogen and oxygen atoms in total. The molecule has 0 aliphatic heterocycles. The molecule has 1 aromatic rings. The number of hydrogen-bond acceptors (Lipinski definition) is 3. The van der Waals surface area contributed by atoms with Crippen LogP contribution < -0.4 is 4.72 Å². The summed E-state index contributed by atoms with van der Waals surface area (Å²) in [7, 11) is -4.55. The van der Waals surface area contributed by atoms with Crippen molar-refractivity contribution in [2.75, 3.05) is 12.0 Å². The van der Waals surface area contributed by atoms with Gasteiger partial charge < -0.3 is 0 Å². The highest BCUT2D eigenvalue weighted by molar-refractivity contribution is 9.10. The van der Waals surface area contributed by atoms with Crippen LogP contribution in [0.15, 0.2) is 33.6 Å². The van der Waals surface area contributed by atoms with Gasteiger partial charge in [-0.3, -0.25) is 4.21 Å². The van der Waals surface area contributed by atoms with E-state index in [2.05, 4.69) is 20.7 Å². The van der Waals surface area contributed by atoms with Crippen LogP contribution in [0.5, 0.6) is 0 Å². The molecular formula is C10H14BrNO3S2. The van der Waals surface area contributed by atoms with Crippen LogP contribution in [0.1, 0.15) is 6.92 Å². The van der Waals surface area contributed by atoms with E-state index in [9.17, 15) is 12.6 Å². The highest BCUT2D eigenvalue weighted by Gasteiger charge is 2.17. The van der Waals surface area contributed by atoms with Crippen LogP contribution in [0.25, 0.3) is 0 Å². The largest absolute Gasteiger partial charge is 0.260 e. The molecule has 1 rings (SSSR count). The number of halogens is 1. The summed E-state index contributed by atoms with van der Waals surface area (Å²) in [5.41, 5.74) is 0. The maximum absolute atomic E-state index is 11.9. The maximum atomic E-state index is 11.9. The molecule has 0 saturated carbocycles. The van der Waals surface area contributed by atoms with E-state index in [-0.39, 0.29) is 10.9 Å². The molecule has 2 unspecified atom stereocenters. The quantitative estimate of drug-likeness (QED) is 0.883. The van der Waals surface area contributed by atoms with Gasteiger partial charge in [0.2, 0.25) is 10.0 Å². The molecular weight excluding hydrogens is 326 g/mol. The lowest BCUT2D eigenvalue weighted by atomic mass is 10.4. The molecule has 2 atom stereocenters. The second-order valence-corrected chi connectivity index (χ2v) is 7.83. The number of rotatable bonds is 5. The highest BCUT2D eigenvalue weighted by Crippen LogP contribution is 2.14. The molecule has 0 bridgehead atoms. The van der Waals surface area contributed by atoms with E-state index in [1.165, 1.54) is 12.1 Å². The molecule has 7 heteroatoms. The molecule has 0 aromatic heterocycles. The first-order valence-corrected chi connectivity index (χ1v) is 8.89. The molecule has 0 aliphatic carbocycles. The van der Waals surface area contributed by atoms with E-state index in [4.69, 9.17) is 0 Å². The zero-order valence-electron chi connectivity index (χ0n) is 9.51. The Kier molecular flexibility index (Phi) is 5.30. The number of benzene rings is 1. The first-order valence-electron chi connectivity index (χ1n) is 4.89. The summed E-state index contributed by atoms with van der Waals surface area (Å²) in [6.45, 7) is 1.69. The Morgan fingerprint density at radius 1 is 1.35 bits per heavy atom. The maximum Gasteiger partial charge on any atom is 0.240 e. The zero-order chi connectivity index (χ0) is 13.1. The first kappa shape index (κ1) is 14.8. The summed E-state index contributed by atoms with van der Waals surface area (Å²) in [6, 6.07) is 6.01. The lowest BCUT2D eigenvalue weighted by molar-refractivity contribution is 0.570. The molecule has 1 N–H and O–H groups in total. The van der Waals surface area contributed by atoms with Crippen molar-refractivity contribution in [3.63, 3.8) is 0 Å². The lowest BCUT2D eigenvalue weighted by Gasteiger charge is -2.12. The van der Waals surface area contributed by atoms with Gasteiger partial charge in [-0.2, -0.15) is 0 Å². The summed E-state index contributed by atoms with van der Waals surface area (Å²) >= 11 is 3.24. The van der Waals surface area contributed by atoms with E-state index < -0.39 is 20.8 Å². The lowest BCUT2D eigenvalue weighted by Crippen LogP contribution is -2.36. The zero-order valence-corrected chi connectivity index (χ0v) is 12.7. The minimum absolute atomic E-state index is 0.203. The first-order chi connectivity index (χ1) is 7.81. The minimum atomic E-state index is -3.53. The third kappa shape index (κ3) is 4.87. The third-order valence-corrected chi connectivity index (χ3v) is 5.07. The second kappa shape index (κ2) is 6.08. The Balaban J connectivity index is 2.82. The molecule has 96 valence electrons. The molecule has 0 saturated heterocycles. The van der Waals surface area contributed by atoms with Gasteiger partial charge in [0.25, 0.3) is 0 Å². The van der Waals surface area contributed by atoms with Crippen LogP contribution >= 0.6 is 15.9 Å². The Bertz CT molecular complexity index is 499. The van der Waals surface area contributed by atoms with Crippen LogP contribution in [0.3, 0.4) is 0 Å². The SMILES string of the molecule is CC(CS(C)=O)NS(=O)(=O)c1ccc(Br)cc1. The Hall–Kier alpha value is -0.240. The molecule has 0 heterocycles. The van der Waals surface area contributed by atoms with Crippen molar-refractivity contribution in [1.29, 1.82) is 0 Å². The molecule has 0 fully saturated rings. The van der Waals surface area contributed by atoms with Crippen molar-refractivity contribution in [2.45, 2.75) is 17.9 Å². The van der Waals surface area contributed by atoms with E-state index in [1.807, 2.05) is 0 Å². The molecule has 0 amide bonds. The average molecular weight is 340 g/mol. The van der Waals surface area contributed by atoms with Crippen molar-refractivity contribution in [2.24, 2.45) is 0 Å². The minimum Gasteiger partial charge on any atom is -0.260 e. The van der Waals surface area contributed by atoms with Gasteiger partial charge in [0, 0.05) is 33.3 Å². The van der Waals surface area contributed by atoms with Crippen molar-refractivity contribution < 1.29 is 12.6 Å². The smallest absolute Gasteiger partial charge is 0.240 e. The van der Waals surface area contributed by atoms with Gasteiger partial charge in [0.15, 0.2) is 0 Å². The monoisotopic (exact) mass is 339 g/mol. The third-order valence-electron chi connectivity index (χ3n) is 1.96. The van der Waals surface area contributed by atoms with Gasteiger partial charge in [-0.05, 0) is 31.2 Å². The molecule has 1 aromatic carbocycles. The molecule has 17 heavy (non-hydrogen) atoms. The topological polar surface area (TPSA) is 63.2 Å². The van der Waals surface area contributed by atoms with Crippen LogP contribution in [0.4, 0.5) is 0 Å². The van der Waals surface area contributed by atoms with Gasteiger partial charge >= 0.3 is 0 Å². The number of nitrogens with one attached hydrogen (secondary N) is 1. The van der Waals surface area contributed by atoms with Crippen LogP contribution in [0.2, 0.25) is 0 Å². The Labute approximate surface area is 112 Å². The van der Waals surface area contributed by atoms with E-state index >= 15 is 0 Å². The van der Waals surface area contributed by atoms with Gasteiger partial charge in [-0.25, -0.2) is 13.1 Å². The normalized spacial score (nSPS) is 15.5. The second-order valence-electron chi connectivity index (χ2n) is 3.72. The summed E-state index contributed by atoms with van der Waals surface area (Å²) in [5.74, 6) is 0.301. The van der Waals surface area contributed by atoms with Crippen molar-refractivity contribution in [3.8, 4) is 0 Å². The van der Waals surface area contributed by atoms with Crippen LogP contribution in [-0.2, 0) is 20.8 Å². The summed E-state index contributed by atoms with van der Waals surface area (Å²) in [5, 5.41) is 0. The average Bonchev–Trinajstić information content (AvgIpc) is 2.15. The Morgan fingerprint density at radius 3 is 2.35 bits per heavy atom. The number of sulfonamides is 1. The fraction of sp³-hybridized carbons (Fsp3) is 0.400. The van der Waals surface area contributed by atoms with E-state index in [0.717, 1.165) is 4.47 Å². The molecule has 0 aliphatic rings. The van der Waals surface area contributed by atoms with Gasteiger partial charge in [0.05, 0.1) is 4.90 Å². The predicted octanol–water partition coefficient (Wildman–Crippen LogP) is 1.49. The van der Waals surface area contributed by atoms with Crippen molar-refractivity contribution >= 4 is 36.8 Å². The van der Waals surface area contributed by atoms with Crippen molar-refractivity contribution in [3.05, 3.63) is 28.7 Å².